The maximum atomic E-state index is 10.5. The number of carbonyl (C=O) groups is 1. The fourth-order valence-electron chi connectivity index (χ4n) is 3.83. The summed E-state index contributed by atoms with van der Waals surface area (Å²) in [4.78, 5) is 11.6. The van der Waals surface area contributed by atoms with Crippen molar-refractivity contribution in [3.63, 3.8) is 0 Å². The smallest absolute Gasteiger partial charge is 0.153 e. The molecule has 1 aromatic heterocycles. The molecule has 0 unspecified atom stereocenters. The average Bonchev–Trinajstić information content (AvgIpc) is 3.27. The molecule has 180 valence electrons. The van der Waals surface area contributed by atoms with Gasteiger partial charge in [0, 0.05) is 16.5 Å². The Morgan fingerprint density at radius 2 is 1.50 bits per heavy atom. The van der Waals surface area contributed by atoms with Gasteiger partial charge in [-0.25, -0.2) is 0 Å². The Morgan fingerprint density at radius 1 is 0.778 bits per heavy atom. The topological polar surface area (TPSA) is 44.8 Å². The van der Waals surface area contributed by atoms with Crippen LogP contribution in [0.2, 0.25) is 0 Å². The van der Waals surface area contributed by atoms with E-state index in [1.165, 1.54) is 5.56 Å². The summed E-state index contributed by atoms with van der Waals surface area (Å²) >= 11 is 1.69. The molecule has 0 fully saturated rings. The van der Waals surface area contributed by atoms with Crippen molar-refractivity contribution in [2.45, 2.75) is 20.0 Å². The lowest BCUT2D eigenvalue weighted by molar-refractivity contribution is -0.108. The van der Waals surface area contributed by atoms with E-state index in [-0.39, 0.29) is 0 Å². The van der Waals surface area contributed by atoms with Gasteiger partial charge in [-0.1, -0.05) is 60.2 Å². The van der Waals surface area contributed by atoms with Crippen molar-refractivity contribution in [1.29, 1.82) is 0 Å². The second kappa shape index (κ2) is 11.1. The molecule has 0 radical (unpaired) electrons. The largest absolute Gasteiger partial charge is 0.493 e. The summed E-state index contributed by atoms with van der Waals surface area (Å²) in [5.41, 5.74) is 3.45. The van der Waals surface area contributed by atoms with Gasteiger partial charge in [-0.15, -0.1) is 11.3 Å². The first-order valence-corrected chi connectivity index (χ1v) is 12.7. The number of carbonyl (C=O) groups excluding carboxylic acids is 1. The van der Waals surface area contributed by atoms with Crippen molar-refractivity contribution in [3.8, 4) is 33.4 Å². The van der Waals surface area contributed by atoms with Crippen molar-refractivity contribution in [3.05, 3.63) is 108 Å². The van der Waals surface area contributed by atoms with Crippen LogP contribution in [0.25, 0.3) is 20.5 Å². The molecule has 0 bridgehead atoms. The highest BCUT2D eigenvalue weighted by atomic mass is 32.1. The number of benzene rings is 4. The minimum absolute atomic E-state index is 0.366. The summed E-state index contributed by atoms with van der Waals surface area (Å²) in [6, 6.07) is 32.3. The van der Waals surface area contributed by atoms with E-state index in [2.05, 4.69) is 55.5 Å². The van der Waals surface area contributed by atoms with Crippen LogP contribution in [0.15, 0.2) is 97.1 Å². The summed E-state index contributed by atoms with van der Waals surface area (Å²) in [5, 5.41) is 1.04. The van der Waals surface area contributed by atoms with E-state index in [9.17, 15) is 4.79 Å². The molecule has 0 aliphatic carbocycles. The van der Waals surface area contributed by atoms with E-state index in [4.69, 9.17) is 14.2 Å². The van der Waals surface area contributed by atoms with Crippen LogP contribution in [0, 0.1) is 6.92 Å². The summed E-state index contributed by atoms with van der Waals surface area (Å²) in [5.74, 6) is 3.07. The number of fused-ring (bicyclic) bond motifs is 1. The molecule has 0 spiro atoms. The second-order valence-electron chi connectivity index (χ2n) is 8.44. The van der Waals surface area contributed by atoms with Crippen LogP contribution in [0.4, 0.5) is 0 Å². The molecule has 4 aromatic carbocycles. The van der Waals surface area contributed by atoms with Crippen molar-refractivity contribution in [2.75, 3.05) is 6.61 Å². The fraction of sp³-hybridized carbons (Fsp3) is 0.129. The zero-order valence-electron chi connectivity index (χ0n) is 20.0. The maximum absolute atomic E-state index is 10.5. The molecule has 0 aliphatic heterocycles. The molecule has 0 saturated heterocycles. The van der Waals surface area contributed by atoms with E-state index in [0.29, 0.717) is 25.4 Å². The number of aryl methyl sites for hydroxylation is 1. The summed E-state index contributed by atoms with van der Waals surface area (Å²) in [7, 11) is 0. The fourth-order valence-corrected chi connectivity index (χ4v) is 4.99. The van der Waals surface area contributed by atoms with Gasteiger partial charge in [-0.05, 0) is 60.5 Å². The first-order valence-electron chi connectivity index (χ1n) is 11.8. The minimum atomic E-state index is 0.366. The van der Waals surface area contributed by atoms with E-state index >= 15 is 0 Å². The maximum Gasteiger partial charge on any atom is 0.153 e. The van der Waals surface area contributed by atoms with Crippen LogP contribution in [0.3, 0.4) is 0 Å². The zero-order valence-corrected chi connectivity index (χ0v) is 20.8. The molecule has 5 aromatic rings. The van der Waals surface area contributed by atoms with Crippen LogP contribution in [0.1, 0.15) is 17.5 Å². The van der Waals surface area contributed by atoms with Gasteiger partial charge in [0.15, 0.2) is 5.75 Å². The van der Waals surface area contributed by atoms with Crippen LogP contribution in [0.5, 0.6) is 23.0 Å². The molecule has 4 nitrogen and oxygen atoms in total. The van der Waals surface area contributed by atoms with Gasteiger partial charge < -0.3 is 19.0 Å². The monoisotopic (exact) mass is 494 g/mol. The number of hydrogen-bond donors (Lipinski definition) is 0. The van der Waals surface area contributed by atoms with Crippen LogP contribution in [-0.2, 0) is 11.4 Å². The molecule has 0 saturated carbocycles. The standard InChI is InChI=1S/C31H26O4S/c1-22-8-10-24(11-9-22)31-30(35-26-14-12-25(13-15-26)33-19-5-18-32)28-17-16-27(20-29(28)36-31)34-21-23-6-3-2-4-7-23/h2-4,6-18,20H,5,19,21H2,1H3. The molecule has 5 rings (SSSR count). The molecular weight excluding hydrogens is 468 g/mol. The third-order valence-corrected chi connectivity index (χ3v) is 6.91. The number of hydrogen-bond acceptors (Lipinski definition) is 5. The lowest BCUT2D eigenvalue weighted by Gasteiger charge is -2.10. The Morgan fingerprint density at radius 3 is 2.25 bits per heavy atom. The minimum Gasteiger partial charge on any atom is -0.493 e. The van der Waals surface area contributed by atoms with Crippen LogP contribution < -0.4 is 14.2 Å². The second-order valence-corrected chi connectivity index (χ2v) is 9.49. The highest BCUT2D eigenvalue weighted by molar-refractivity contribution is 7.22. The van der Waals surface area contributed by atoms with Gasteiger partial charge in [0.25, 0.3) is 0 Å². The van der Waals surface area contributed by atoms with E-state index in [0.717, 1.165) is 49.6 Å². The zero-order chi connectivity index (χ0) is 24.7. The molecule has 0 N–H and O–H groups in total. The third kappa shape index (κ3) is 5.58. The van der Waals surface area contributed by atoms with Crippen molar-refractivity contribution in [2.24, 2.45) is 0 Å². The number of ether oxygens (including phenoxy) is 3. The van der Waals surface area contributed by atoms with Crippen LogP contribution in [-0.4, -0.2) is 12.9 Å². The summed E-state index contributed by atoms with van der Waals surface area (Å²) in [6.45, 7) is 2.97. The van der Waals surface area contributed by atoms with Gasteiger partial charge in [0.05, 0.1) is 11.5 Å². The van der Waals surface area contributed by atoms with Gasteiger partial charge in [-0.3, -0.25) is 0 Å². The lowest BCUT2D eigenvalue weighted by atomic mass is 10.1. The van der Waals surface area contributed by atoms with Gasteiger partial charge in [0.2, 0.25) is 0 Å². The van der Waals surface area contributed by atoms with Crippen LogP contribution >= 0.6 is 11.3 Å². The predicted molar refractivity (Wildman–Crippen MR) is 145 cm³/mol. The lowest BCUT2D eigenvalue weighted by Crippen LogP contribution is -1.97. The molecule has 36 heavy (non-hydrogen) atoms. The van der Waals surface area contributed by atoms with E-state index < -0.39 is 0 Å². The predicted octanol–water partition coefficient (Wildman–Crippen LogP) is 8.22. The third-order valence-electron chi connectivity index (χ3n) is 5.73. The average molecular weight is 495 g/mol. The number of aldehydes is 1. The number of rotatable bonds is 10. The Balaban J connectivity index is 1.45. The highest BCUT2D eigenvalue weighted by Gasteiger charge is 2.17. The molecular formula is C31H26O4S. The Labute approximate surface area is 214 Å². The first-order chi connectivity index (χ1) is 17.7. The summed E-state index contributed by atoms with van der Waals surface area (Å²) in [6.07, 6.45) is 1.22. The SMILES string of the molecule is Cc1ccc(-c2sc3cc(OCc4ccccc4)ccc3c2Oc2ccc(OCCC=O)cc2)cc1. The van der Waals surface area contributed by atoms with Gasteiger partial charge in [0.1, 0.15) is 30.1 Å². The number of thiophene rings is 1. The molecule has 0 amide bonds. The molecule has 5 heteroatoms. The Hall–Kier alpha value is -4.09. The van der Waals surface area contributed by atoms with Crippen molar-refractivity contribution < 1.29 is 19.0 Å². The van der Waals surface area contributed by atoms with Gasteiger partial charge in [-0.2, -0.15) is 0 Å². The Kier molecular flexibility index (Phi) is 7.29. The normalized spacial score (nSPS) is 10.8. The quantitative estimate of drug-likeness (QED) is 0.145. The van der Waals surface area contributed by atoms with Gasteiger partial charge >= 0.3 is 0 Å². The molecule has 1 heterocycles. The molecule has 0 aliphatic rings. The highest BCUT2D eigenvalue weighted by Crippen LogP contribution is 2.47. The van der Waals surface area contributed by atoms with E-state index in [1.54, 1.807) is 11.3 Å². The van der Waals surface area contributed by atoms with Crippen molar-refractivity contribution >= 4 is 27.7 Å². The molecule has 0 atom stereocenters. The van der Waals surface area contributed by atoms with E-state index in [1.807, 2.05) is 48.5 Å². The Bertz CT molecular complexity index is 1440. The van der Waals surface area contributed by atoms with Crippen molar-refractivity contribution in [1.82, 2.24) is 0 Å². The first kappa shape index (κ1) is 23.6. The summed E-state index contributed by atoms with van der Waals surface area (Å²) < 4.78 is 19.2.